The molecule has 2 aromatic rings. The Morgan fingerprint density at radius 3 is 2.38 bits per heavy atom. The minimum atomic E-state index is -0.299. The number of terminal acetylenes is 1. The maximum absolute atomic E-state index is 12.7. The van der Waals surface area contributed by atoms with Gasteiger partial charge in [0.15, 0.2) is 0 Å². The van der Waals surface area contributed by atoms with Crippen molar-refractivity contribution in [3.8, 4) is 12.3 Å². The first-order chi connectivity index (χ1) is 11.7. The minimum absolute atomic E-state index is 0.00136. The standard InChI is InChI=1S/C20H18N2O2/c1-2-11-22-19(23)15-8-6-7-14-17(21-12-4-3-5-13-21)10-9-16(18(14)15)20(22)24/h1,6-10H,3-5,11-13H2. The van der Waals surface area contributed by atoms with E-state index in [1.807, 2.05) is 24.3 Å². The molecule has 2 aliphatic heterocycles. The van der Waals surface area contributed by atoms with E-state index in [2.05, 4.69) is 10.8 Å². The molecule has 0 aromatic heterocycles. The first-order valence-corrected chi connectivity index (χ1v) is 8.32. The van der Waals surface area contributed by atoms with Crippen molar-refractivity contribution in [1.82, 2.24) is 4.90 Å². The Balaban J connectivity index is 1.92. The molecule has 24 heavy (non-hydrogen) atoms. The van der Waals surface area contributed by atoms with Gasteiger partial charge in [0.2, 0.25) is 0 Å². The summed E-state index contributed by atoms with van der Waals surface area (Å²) in [6.07, 6.45) is 8.93. The SMILES string of the molecule is C#CCN1C(=O)c2cccc3c(N4CCCCC4)ccc(c23)C1=O. The van der Waals surface area contributed by atoms with E-state index in [4.69, 9.17) is 6.42 Å². The molecule has 4 rings (SSSR count). The number of amides is 2. The largest absolute Gasteiger partial charge is 0.371 e. The molecule has 0 atom stereocenters. The van der Waals surface area contributed by atoms with E-state index in [0.29, 0.717) is 11.1 Å². The van der Waals surface area contributed by atoms with Gasteiger partial charge in [0, 0.05) is 40.7 Å². The Bertz CT molecular complexity index is 866. The topological polar surface area (TPSA) is 40.6 Å². The van der Waals surface area contributed by atoms with Crippen LogP contribution in [0.1, 0.15) is 40.0 Å². The van der Waals surface area contributed by atoms with Crippen LogP contribution in [0.2, 0.25) is 0 Å². The summed E-state index contributed by atoms with van der Waals surface area (Å²) < 4.78 is 0. The summed E-state index contributed by atoms with van der Waals surface area (Å²) in [5.41, 5.74) is 2.24. The first-order valence-electron chi connectivity index (χ1n) is 8.32. The monoisotopic (exact) mass is 318 g/mol. The van der Waals surface area contributed by atoms with Gasteiger partial charge in [0.1, 0.15) is 0 Å². The highest BCUT2D eigenvalue weighted by Gasteiger charge is 2.33. The predicted octanol–water partition coefficient (Wildman–Crippen LogP) is 3.06. The van der Waals surface area contributed by atoms with E-state index in [0.717, 1.165) is 34.4 Å². The number of hydrogen-bond acceptors (Lipinski definition) is 3. The van der Waals surface area contributed by atoms with E-state index >= 15 is 0 Å². The molecule has 0 unspecified atom stereocenters. The first kappa shape index (κ1) is 14.8. The average molecular weight is 318 g/mol. The number of carbonyl (C=O) groups is 2. The van der Waals surface area contributed by atoms with E-state index in [-0.39, 0.29) is 18.4 Å². The quantitative estimate of drug-likeness (QED) is 0.631. The summed E-state index contributed by atoms with van der Waals surface area (Å²) in [4.78, 5) is 28.9. The van der Waals surface area contributed by atoms with Crippen LogP contribution < -0.4 is 4.90 Å². The zero-order chi connectivity index (χ0) is 16.7. The molecular formula is C20H18N2O2. The van der Waals surface area contributed by atoms with Crippen LogP contribution in [0.5, 0.6) is 0 Å². The smallest absolute Gasteiger partial charge is 0.262 e. The van der Waals surface area contributed by atoms with Gasteiger partial charge in [0.25, 0.3) is 11.8 Å². The summed E-state index contributed by atoms with van der Waals surface area (Å²) in [6, 6.07) is 9.52. The lowest BCUT2D eigenvalue weighted by molar-refractivity contribution is 0.0632. The molecule has 2 aromatic carbocycles. The average Bonchev–Trinajstić information content (AvgIpc) is 2.63. The minimum Gasteiger partial charge on any atom is -0.371 e. The summed E-state index contributed by atoms with van der Waals surface area (Å²) in [7, 11) is 0. The third-order valence-electron chi connectivity index (χ3n) is 4.91. The normalized spacial score (nSPS) is 17.3. The van der Waals surface area contributed by atoms with Crippen LogP contribution in [-0.2, 0) is 0 Å². The maximum atomic E-state index is 12.7. The van der Waals surface area contributed by atoms with Crippen LogP contribution in [0.15, 0.2) is 30.3 Å². The molecule has 120 valence electrons. The molecule has 1 fully saturated rings. The second kappa shape index (κ2) is 5.68. The van der Waals surface area contributed by atoms with Crippen LogP contribution in [0.4, 0.5) is 5.69 Å². The number of anilines is 1. The lowest BCUT2D eigenvalue weighted by Crippen LogP contribution is -2.40. The Hall–Kier alpha value is -2.80. The van der Waals surface area contributed by atoms with Crippen molar-refractivity contribution in [2.75, 3.05) is 24.5 Å². The lowest BCUT2D eigenvalue weighted by Gasteiger charge is -2.32. The molecule has 0 spiro atoms. The van der Waals surface area contributed by atoms with Gasteiger partial charge >= 0.3 is 0 Å². The predicted molar refractivity (Wildman–Crippen MR) is 94.2 cm³/mol. The molecule has 2 aliphatic rings. The third kappa shape index (κ3) is 2.09. The molecule has 4 nitrogen and oxygen atoms in total. The number of piperidine rings is 1. The van der Waals surface area contributed by atoms with E-state index < -0.39 is 0 Å². The fourth-order valence-electron chi connectivity index (χ4n) is 3.78. The summed E-state index contributed by atoms with van der Waals surface area (Å²) in [6.45, 7) is 2.04. The van der Waals surface area contributed by atoms with Gasteiger partial charge in [-0.25, -0.2) is 0 Å². The van der Waals surface area contributed by atoms with Gasteiger partial charge in [0.05, 0.1) is 6.54 Å². The maximum Gasteiger partial charge on any atom is 0.262 e. The van der Waals surface area contributed by atoms with Crippen molar-refractivity contribution in [2.24, 2.45) is 0 Å². The molecule has 0 N–H and O–H groups in total. The van der Waals surface area contributed by atoms with Crippen LogP contribution >= 0.6 is 0 Å². The van der Waals surface area contributed by atoms with Crippen molar-refractivity contribution >= 4 is 28.3 Å². The van der Waals surface area contributed by atoms with E-state index in [9.17, 15) is 9.59 Å². The second-order valence-electron chi connectivity index (χ2n) is 6.31. The number of benzene rings is 2. The van der Waals surface area contributed by atoms with E-state index in [1.54, 1.807) is 6.07 Å². The van der Waals surface area contributed by atoms with Crippen molar-refractivity contribution in [1.29, 1.82) is 0 Å². The summed E-state index contributed by atoms with van der Waals surface area (Å²) in [5, 5.41) is 1.75. The fraction of sp³-hybridized carbons (Fsp3) is 0.300. The molecule has 1 saturated heterocycles. The fourth-order valence-corrected chi connectivity index (χ4v) is 3.78. The molecule has 0 bridgehead atoms. The Kier molecular flexibility index (Phi) is 3.50. The second-order valence-corrected chi connectivity index (χ2v) is 6.31. The van der Waals surface area contributed by atoms with Gasteiger partial charge in [-0.15, -0.1) is 6.42 Å². The van der Waals surface area contributed by atoms with Crippen molar-refractivity contribution in [3.05, 3.63) is 41.5 Å². The summed E-state index contributed by atoms with van der Waals surface area (Å²) in [5.74, 6) is 1.80. The van der Waals surface area contributed by atoms with Crippen molar-refractivity contribution in [3.63, 3.8) is 0 Å². The van der Waals surface area contributed by atoms with Crippen LogP contribution in [-0.4, -0.2) is 36.3 Å². The highest BCUT2D eigenvalue weighted by atomic mass is 16.2. The van der Waals surface area contributed by atoms with Gasteiger partial charge in [-0.1, -0.05) is 18.1 Å². The van der Waals surface area contributed by atoms with Crippen LogP contribution in [0.25, 0.3) is 10.8 Å². The van der Waals surface area contributed by atoms with Gasteiger partial charge in [-0.05, 0) is 37.5 Å². The van der Waals surface area contributed by atoms with Gasteiger partial charge in [-0.2, -0.15) is 0 Å². The van der Waals surface area contributed by atoms with Crippen LogP contribution in [0.3, 0.4) is 0 Å². The molecule has 0 saturated carbocycles. The Labute approximate surface area is 141 Å². The highest BCUT2D eigenvalue weighted by Crippen LogP contribution is 2.36. The molecule has 2 amide bonds. The Morgan fingerprint density at radius 2 is 1.67 bits per heavy atom. The zero-order valence-corrected chi connectivity index (χ0v) is 13.4. The molecular weight excluding hydrogens is 300 g/mol. The number of rotatable bonds is 2. The molecule has 0 aliphatic carbocycles. The van der Waals surface area contributed by atoms with Crippen molar-refractivity contribution in [2.45, 2.75) is 19.3 Å². The number of hydrogen-bond donors (Lipinski definition) is 0. The molecule has 4 heteroatoms. The summed E-state index contributed by atoms with van der Waals surface area (Å²) >= 11 is 0. The highest BCUT2D eigenvalue weighted by molar-refractivity contribution is 6.26. The van der Waals surface area contributed by atoms with Crippen molar-refractivity contribution < 1.29 is 9.59 Å². The zero-order valence-electron chi connectivity index (χ0n) is 13.4. The van der Waals surface area contributed by atoms with Crippen LogP contribution in [0, 0.1) is 12.3 Å². The number of carbonyl (C=O) groups excluding carboxylic acids is 2. The molecule has 2 heterocycles. The third-order valence-corrected chi connectivity index (χ3v) is 4.91. The van der Waals surface area contributed by atoms with Gasteiger partial charge in [-0.3, -0.25) is 14.5 Å². The molecule has 0 radical (unpaired) electrons. The Morgan fingerprint density at radius 1 is 0.958 bits per heavy atom. The van der Waals surface area contributed by atoms with Gasteiger partial charge < -0.3 is 4.90 Å². The van der Waals surface area contributed by atoms with E-state index in [1.165, 1.54) is 19.3 Å². The lowest BCUT2D eigenvalue weighted by atomic mass is 9.92. The number of nitrogens with zero attached hydrogens (tertiary/aromatic N) is 2. The number of imide groups is 1.